The predicted molar refractivity (Wildman–Crippen MR) is 87.8 cm³/mol. The van der Waals surface area contributed by atoms with Crippen molar-refractivity contribution in [1.82, 2.24) is 10.9 Å². The highest BCUT2D eigenvalue weighted by Gasteiger charge is 2.19. The summed E-state index contributed by atoms with van der Waals surface area (Å²) >= 11 is 0. The lowest BCUT2D eigenvalue weighted by atomic mass is 9.90. The molecule has 0 aromatic heterocycles. The monoisotopic (exact) mass is 294 g/mol. The van der Waals surface area contributed by atoms with E-state index in [0.717, 1.165) is 25.3 Å². The zero-order valence-electron chi connectivity index (χ0n) is 13.7. The summed E-state index contributed by atoms with van der Waals surface area (Å²) in [6, 6.07) is 0. The van der Waals surface area contributed by atoms with Gasteiger partial charge < -0.3 is 0 Å². The van der Waals surface area contributed by atoms with Gasteiger partial charge in [-0.1, -0.05) is 64.2 Å². The first kappa shape index (κ1) is 16.8. The van der Waals surface area contributed by atoms with E-state index < -0.39 is 0 Å². The molecule has 2 N–H and O–H groups in total. The van der Waals surface area contributed by atoms with Crippen LogP contribution in [0.15, 0.2) is 0 Å². The van der Waals surface area contributed by atoms with E-state index in [-0.39, 0.29) is 11.8 Å². The van der Waals surface area contributed by atoms with Crippen LogP contribution < -0.4 is 10.9 Å². The molecule has 0 radical (unpaired) electrons. The van der Waals surface area contributed by atoms with E-state index >= 15 is 0 Å². The second-order valence-electron chi connectivity index (χ2n) is 7.12. The van der Waals surface area contributed by atoms with Crippen LogP contribution in [-0.2, 0) is 4.79 Å². The molecular weight excluding hydrogens is 260 g/mol. The molecule has 3 nitrogen and oxygen atoms in total. The number of hydrogen-bond acceptors (Lipinski definition) is 2. The largest absolute Gasteiger partial charge is 0.291 e. The first-order valence-corrected chi connectivity index (χ1v) is 9.39. The minimum absolute atomic E-state index is 0.239. The zero-order chi connectivity index (χ0) is 14.8. The number of nitrogens with one attached hydrogen (secondary N) is 2. The van der Waals surface area contributed by atoms with Gasteiger partial charge in [0, 0.05) is 12.5 Å². The number of carbonyl (C=O) groups is 1. The molecule has 122 valence electrons. The van der Waals surface area contributed by atoms with Crippen molar-refractivity contribution in [3.8, 4) is 0 Å². The van der Waals surface area contributed by atoms with Crippen molar-refractivity contribution < 1.29 is 4.79 Å². The molecule has 2 saturated carbocycles. The standard InChI is InChI=1S/C18H34N2O/c21-18(17-13-9-5-2-6-10-14-17)20-19-15-16-11-7-3-1-4-8-12-16/h16-17,19H,1-15H2,(H,20,21). The van der Waals surface area contributed by atoms with Crippen molar-refractivity contribution in [2.24, 2.45) is 11.8 Å². The van der Waals surface area contributed by atoms with E-state index in [1.165, 1.54) is 77.0 Å². The number of rotatable bonds is 4. The summed E-state index contributed by atoms with van der Waals surface area (Å²) in [4.78, 5) is 12.3. The van der Waals surface area contributed by atoms with Gasteiger partial charge in [0.1, 0.15) is 0 Å². The molecule has 0 heterocycles. The Morgan fingerprint density at radius 1 is 0.714 bits per heavy atom. The Labute approximate surface area is 130 Å². The van der Waals surface area contributed by atoms with Gasteiger partial charge in [0.05, 0.1) is 0 Å². The van der Waals surface area contributed by atoms with E-state index in [1.807, 2.05) is 0 Å². The highest BCUT2D eigenvalue weighted by Crippen LogP contribution is 2.23. The zero-order valence-corrected chi connectivity index (χ0v) is 13.7. The predicted octanol–water partition coefficient (Wildman–Crippen LogP) is 4.33. The molecular formula is C18H34N2O. The van der Waals surface area contributed by atoms with Gasteiger partial charge in [0.2, 0.25) is 5.91 Å². The minimum Gasteiger partial charge on any atom is -0.291 e. The van der Waals surface area contributed by atoms with Gasteiger partial charge in [0.25, 0.3) is 0 Å². The van der Waals surface area contributed by atoms with Crippen LogP contribution >= 0.6 is 0 Å². The number of carbonyl (C=O) groups excluding carboxylic acids is 1. The Morgan fingerprint density at radius 2 is 1.19 bits per heavy atom. The Kier molecular flexibility index (Phi) is 8.16. The van der Waals surface area contributed by atoms with Crippen LogP contribution in [0.1, 0.15) is 89.9 Å². The average Bonchev–Trinajstić information content (AvgIpc) is 2.40. The maximum Gasteiger partial charge on any atom is 0.237 e. The number of amides is 1. The third kappa shape index (κ3) is 6.82. The van der Waals surface area contributed by atoms with Gasteiger partial charge in [-0.05, 0) is 31.6 Å². The maximum atomic E-state index is 12.3. The third-order valence-corrected chi connectivity index (χ3v) is 5.30. The van der Waals surface area contributed by atoms with E-state index in [9.17, 15) is 4.79 Å². The summed E-state index contributed by atoms with van der Waals surface area (Å²) in [6.45, 7) is 0.957. The highest BCUT2D eigenvalue weighted by atomic mass is 16.2. The second-order valence-corrected chi connectivity index (χ2v) is 7.12. The molecule has 1 amide bonds. The molecule has 0 atom stereocenters. The molecule has 0 saturated heterocycles. The van der Waals surface area contributed by atoms with E-state index in [2.05, 4.69) is 10.9 Å². The molecule has 0 aromatic rings. The van der Waals surface area contributed by atoms with Crippen LogP contribution in [0, 0.1) is 11.8 Å². The lowest BCUT2D eigenvalue weighted by Gasteiger charge is -2.22. The SMILES string of the molecule is O=C(NNCC1CCCCCCC1)C1CCCCCCC1. The van der Waals surface area contributed by atoms with Gasteiger partial charge in [-0.25, -0.2) is 5.43 Å². The van der Waals surface area contributed by atoms with Crippen LogP contribution in [0.2, 0.25) is 0 Å². The Balaban J connectivity index is 1.62. The normalized spacial score (nSPS) is 23.6. The number of hydrogen-bond donors (Lipinski definition) is 2. The first-order valence-electron chi connectivity index (χ1n) is 9.39. The lowest BCUT2D eigenvalue weighted by molar-refractivity contribution is -0.126. The van der Waals surface area contributed by atoms with Gasteiger partial charge >= 0.3 is 0 Å². The molecule has 3 heteroatoms. The van der Waals surface area contributed by atoms with Gasteiger partial charge in [-0.3, -0.25) is 10.2 Å². The van der Waals surface area contributed by atoms with Crippen molar-refractivity contribution in [1.29, 1.82) is 0 Å². The van der Waals surface area contributed by atoms with Crippen LogP contribution in [0.4, 0.5) is 0 Å². The van der Waals surface area contributed by atoms with E-state index in [4.69, 9.17) is 0 Å². The summed E-state index contributed by atoms with van der Waals surface area (Å²) < 4.78 is 0. The topological polar surface area (TPSA) is 41.1 Å². The average molecular weight is 294 g/mol. The van der Waals surface area contributed by atoms with Crippen LogP contribution in [-0.4, -0.2) is 12.5 Å². The Bertz CT molecular complexity index is 277. The molecule has 2 aliphatic rings. The van der Waals surface area contributed by atoms with Gasteiger partial charge in [0.15, 0.2) is 0 Å². The minimum atomic E-state index is 0.239. The second kappa shape index (κ2) is 10.2. The molecule has 0 unspecified atom stereocenters. The summed E-state index contributed by atoms with van der Waals surface area (Å²) in [7, 11) is 0. The van der Waals surface area contributed by atoms with Gasteiger partial charge in [-0.2, -0.15) is 0 Å². The maximum absolute atomic E-state index is 12.3. The molecule has 0 aliphatic heterocycles. The van der Waals surface area contributed by atoms with Crippen molar-refractivity contribution in [3.05, 3.63) is 0 Å². The fourth-order valence-electron chi connectivity index (χ4n) is 3.85. The smallest absolute Gasteiger partial charge is 0.237 e. The van der Waals surface area contributed by atoms with Crippen molar-refractivity contribution >= 4 is 5.91 Å². The summed E-state index contributed by atoms with van der Waals surface area (Å²) in [6.07, 6.45) is 18.2. The molecule has 21 heavy (non-hydrogen) atoms. The summed E-state index contributed by atoms with van der Waals surface area (Å²) in [5, 5.41) is 0. The Hall–Kier alpha value is -0.570. The van der Waals surface area contributed by atoms with Crippen LogP contribution in [0.3, 0.4) is 0 Å². The van der Waals surface area contributed by atoms with Crippen LogP contribution in [0.25, 0.3) is 0 Å². The van der Waals surface area contributed by atoms with E-state index in [1.54, 1.807) is 0 Å². The van der Waals surface area contributed by atoms with Crippen LogP contribution in [0.5, 0.6) is 0 Å². The first-order chi connectivity index (χ1) is 10.4. The van der Waals surface area contributed by atoms with E-state index in [0.29, 0.717) is 0 Å². The molecule has 2 aliphatic carbocycles. The lowest BCUT2D eigenvalue weighted by Crippen LogP contribution is -2.43. The molecule has 0 bridgehead atoms. The quantitative estimate of drug-likeness (QED) is 0.758. The number of hydrazine groups is 1. The molecule has 2 fully saturated rings. The summed E-state index contributed by atoms with van der Waals surface area (Å²) in [5.41, 5.74) is 6.23. The molecule has 2 rings (SSSR count). The van der Waals surface area contributed by atoms with Gasteiger partial charge in [-0.15, -0.1) is 0 Å². The van der Waals surface area contributed by atoms with Crippen molar-refractivity contribution in [2.75, 3.05) is 6.54 Å². The molecule has 0 spiro atoms. The fourth-order valence-corrected chi connectivity index (χ4v) is 3.85. The van der Waals surface area contributed by atoms with Crippen molar-refractivity contribution in [3.63, 3.8) is 0 Å². The molecule has 0 aromatic carbocycles. The van der Waals surface area contributed by atoms with Crippen molar-refractivity contribution in [2.45, 2.75) is 89.9 Å². The fraction of sp³-hybridized carbons (Fsp3) is 0.944. The third-order valence-electron chi connectivity index (χ3n) is 5.30. The summed E-state index contributed by atoms with van der Waals surface area (Å²) in [5.74, 6) is 1.24. The highest BCUT2D eigenvalue weighted by molar-refractivity contribution is 5.78. The Morgan fingerprint density at radius 3 is 1.76 bits per heavy atom.